The van der Waals surface area contributed by atoms with Gasteiger partial charge in [-0.25, -0.2) is 0 Å². The van der Waals surface area contributed by atoms with Crippen molar-refractivity contribution in [3.63, 3.8) is 0 Å². The molecule has 1 N–H and O–H groups in total. The zero-order valence-corrected chi connectivity index (χ0v) is 13.0. The fraction of sp³-hybridized carbons (Fsp3) is 0.125. The standard InChI is InChI=1S/C16H12Cl2N2O2/c17-14-6-1-11(9-15(14)18)10-16(21)20-12-2-4-13(5-3-12)22-8-7-19/h1-6,9H,8,10H2,(H,20,21). The number of nitrogens with one attached hydrogen (secondary N) is 1. The molecule has 0 spiro atoms. The quantitative estimate of drug-likeness (QED) is 0.896. The molecule has 0 aliphatic heterocycles. The second-order valence-electron chi connectivity index (χ2n) is 4.44. The smallest absolute Gasteiger partial charge is 0.228 e. The maximum atomic E-state index is 12.0. The van der Waals surface area contributed by atoms with Gasteiger partial charge in [-0.1, -0.05) is 29.3 Å². The first-order valence-corrected chi connectivity index (χ1v) is 7.17. The first-order chi connectivity index (χ1) is 10.6. The molecule has 0 heterocycles. The summed E-state index contributed by atoms with van der Waals surface area (Å²) < 4.78 is 5.13. The van der Waals surface area contributed by atoms with Crippen molar-refractivity contribution in [2.45, 2.75) is 6.42 Å². The third kappa shape index (κ3) is 4.66. The van der Waals surface area contributed by atoms with Crippen LogP contribution in [0, 0.1) is 11.3 Å². The summed E-state index contributed by atoms with van der Waals surface area (Å²) in [6, 6.07) is 13.8. The Morgan fingerprint density at radius 3 is 2.50 bits per heavy atom. The highest BCUT2D eigenvalue weighted by molar-refractivity contribution is 6.42. The van der Waals surface area contributed by atoms with E-state index in [-0.39, 0.29) is 18.9 Å². The maximum absolute atomic E-state index is 12.0. The molecule has 6 heteroatoms. The minimum atomic E-state index is -0.163. The maximum Gasteiger partial charge on any atom is 0.228 e. The number of ether oxygens (including phenoxy) is 1. The average molecular weight is 335 g/mol. The van der Waals surface area contributed by atoms with Crippen molar-refractivity contribution in [3.05, 3.63) is 58.1 Å². The zero-order chi connectivity index (χ0) is 15.9. The van der Waals surface area contributed by atoms with Gasteiger partial charge in [-0.2, -0.15) is 5.26 Å². The van der Waals surface area contributed by atoms with Crippen LogP contribution >= 0.6 is 23.2 Å². The number of anilines is 1. The number of carbonyl (C=O) groups is 1. The van der Waals surface area contributed by atoms with Gasteiger partial charge in [-0.15, -0.1) is 0 Å². The normalized spacial score (nSPS) is 9.86. The molecule has 0 saturated heterocycles. The lowest BCUT2D eigenvalue weighted by molar-refractivity contribution is -0.115. The van der Waals surface area contributed by atoms with Gasteiger partial charge in [0.2, 0.25) is 5.91 Å². The summed E-state index contributed by atoms with van der Waals surface area (Å²) in [4.78, 5) is 12.0. The monoisotopic (exact) mass is 334 g/mol. The van der Waals surface area contributed by atoms with Gasteiger partial charge in [0.15, 0.2) is 6.61 Å². The van der Waals surface area contributed by atoms with Gasteiger partial charge in [0.05, 0.1) is 16.5 Å². The Kier molecular flexibility index (Phi) is 5.65. The van der Waals surface area contributed by atoms with Crippen molar-refractivity contribution in [2.24, 2.45) is 0 Å². The molecule has 4 nitrogen and oxygen atoms in total. The summed E-state index contributed by atoms with van der Waals surface area (Å²) >= 11 is 11.7. The number of halogens is 2. The molecule has 22 heavy (non-hydrogen) atoms. The molecule has 2 aromatic rings. The highest BCUT2D eigenvalue weighted by Crippen LogP contribution is 2.23. The van der Waals surface area contributed by atoms with Crippen LogP contribution in [0.5, 0.6) is 5.75 Å². The minimum Gasteiger partial charge on any atom is -0.479 e. The van der Waals surface area contributed by atoms with Crippen LogP contribution in [0.15, 0.2) is 42.5 Å². The van der Waals surface area contributed by atoms with E-state index >= 15 is 0 Å². The van der Waals surface area contributed by atoms with Crippen molar-refractivity contribution in [1.82, 2.24) is 0 Å². The molecule has 2 aromatic carbocycles. The molecule has 112 valence electrons. The summed E-state index contributed by atoms with van der Waals surface area (Å²) in [6.45, 7) is -0.0109. The second kappa shape index (κ2) is 7.69. The summed E-state index contributed by atoms with van der Waals surface area (Å²) in [7, 11) is 0. The first-order valence-electron chi connectivity index (χ1n) is 6.42. The van der Waals surface area contributed by atoms with Crippen molar-refractivity contribution in [2.75, 3.05) is 11.9 Å². The largest absolute Gasteiger partial charge is 0.479 e. The molecule has 0 saturated carbocycles. The van der Waals surface area contributed by atoms with E-state index in [1.54, 1.807) is 42.5 Å². The van der Waals surface area contributed by atoms with E-state index in [4.69, 9.17) is 33.2 Å². The fourth-order valence-electron chi connectivity index (χ4n) is 1.79. The van der Waals surface area contributed by atoms with Crippen molar-refractivity contribution >= 4 is 34.8 Å². The lowest BCUT2D eigenvalue weighted by Crippen LogP contribution is -2.14. The number of nitriles is 1. The summed E-state index contributed by atoms with van der Waals surface area (Å²) in [6.07, 6.45) is 0.198. The average Bonchev–Trinajstić information content (AvgIpc) is 2.50. The van der Waals surface area contributed by atoms with E-state index in [2.05, 4.69) is 5.32 Å². The van der Waals surface area contributed by atoms with E-state index in [1.807, 2.05) is 6.07 Å². The van der Waals surface area contributed by atoms with E-state index in [0.717, 1.165) is 5.56 Å². The van der Waals surface area contributed by atoms with Crippen LogP contribution in [-0.4, -0.2) is 12.5 Å². The number of carbonyl (C=O) groups excluding carboxylic acids is 1. The Balaban J connectivity index is 1.94. The van der Waals surface area contributed by atoms with Crippen LogP contribution in [0.1, 0.15) is 5.56 Å². The highest BCUT2D eigenvalue weighted by Gasteiger charge is 2.06. The highest BCUT2D eigenvalue weighted by atomic mass is 35.5. The van der Waals surface area contributed by atoms with E-state index in [0.29, 0.717) is 21.5 Å². The van der Waals surface area contributed by atoms with Crippen LogP contribution in [0.2, 0.25) is 10.0 Å². The minimum absolute atomic E-state index is 0.0109. The van der Waals surface area contributed by atoms with E-state index in [9.17, 15) is 4.79 Å². The van der Waals surface area contributed by atoms with Gasteiger partial charge in [-0.3, -0.25) is 4.79 Å². The summed E-state index contributed by atoms with van der Waals surface area (Å²) in [5, 5.41) is 12.1. The molecule has 0 bridgehead atoms. The van der Waals surface area contributed by atoms with Gasteiger partial charge in [-0.05, 0) is 42.0 Å². The van der Waals surface area contributed by atoms with Crippen molar-refractivity contribution in [3.8, 4) is 11.8 Å². The van der Waals surface area contributed by atoms with Crippen LogP contribution in [0.25, 0.3) is 0 Å². The number of hydrogen-bond donors (Lipinski definition) is 1. The van der Waals surface area contributed by atoms with Gasteiger partial charge in [0.1, 0.15) is 11.8 Å². The van der Waals surface area contributed by atoms with Crippen molar-refractivity contribution < 1.29 is 9.53 Å². The molecule has 1 amide bonds. The molecule has 0 aromatic heterocycles. The molecule has 0 unspecified atom stereocenters. The van der Waals surface area contributed by atoms with Gasteiger partial charge in [0, 0.05) is 5.69 Å². The van der Waals surface area contributed by atoms with E-state index in [1.165, 1.54) is 0 Å². The molecule has 0 radical (unpaired) electrons. The summed E-state index contributed by atoms with van der Waals surface area (Å²) in [5.41, 5.74) is 1.43. The van der Waals surface area contributed by atoms with E-state index < -0.39 is 0 Å². The molecular weight excluding hydrogens is 323 g/mol. The second-order valence-corrected chi connectivity index (χ2v) is 5.26. The van der Waals surface area contributed by atoms with Crippen LogP contribution in [0.3, 0.4) is 0 Å². The van der Waals surface area contributed by atoms with Crippen LogP contribution in [0.4, 0.5) is 5.69 Å². The molecule has 2 rings (SSSR count). The fourth-order valence-corrected chi connectivity index (χ4v) is 2.11. The Morgan fingerprint density at radius 2 is 1.86 bits per heavy atom. The predicted octanol–water partition coefficient (Wildman–Crippen LogP) is 4.08. The first kappa shape index (κ1) is 16.2. The predicted molar refractivity (Wildman–Crippen MR) is 86.3 cm³/mol. The Morgan fingerprint density at radius 1 is 1.14 bits per heavy atom. The molecule has 0 atom stereocenters. The molecular formula is C16H12Cl2N2O2. The van der Waals surface area contributed by atoms with Gasteiger partial charge < -0.3 is 10.1 Å². The molecule has 0 aliphatic rings. The molecule has 0 fully saturated rings. The van der Waals surface area contributed by atoms with Crippen LogP contribution < -0.4 is 10.1 Å². The molecule has 0 aliphatic carbocycles. The third-order valence-electron chi connectivity index (χ3n) is 2.79. The van der Waals surface area contributed by atoms with Gasteiger partial charge in [0.25, 0.3) is 0 Å². The number of benzene rings is 2. The lowest BCUT2D eigenvalue weighted by atomic mass is 10.1. The third-order valence-corrected chi connectivity index (χ3v) is 3.53. The SMILES string of the molecule is N#CCOc1ccc(NC(=O)Cc2ccc(Cl)c(Cl)c2)cc1. The lowest BCUT2D eigenvalue weighted by Gasteiger charge is -2.07. The Labute approximate surface area is 138 Å². The number of amides is 1. The summed E-state index contributed by atoms with van der Waals surface area (Å²) in [5.74, 6) is 0.410. The number of rotatable bonds is 5. The zero-order valence-electron chi connectivity index (χ0n) is 11.5. The topological polar surface area (TPSA) is 62.1 Å². The number of nitrogens with zero attached hydrogens (tertiary/aromatic N) is 1. The van der Waals surface area contributed by atoms with Crippen molar-refractivity contribution in [1.29, 1.82) is 5.26 Å². The van der Waals surface area contributed by atoms with Gasteiger partial charge >= 0.3 is 0 Å². The Hall–Kier alpha value is -2.22. The number of hydrogen-bond acceptors (Lipinski definition) is 3. The van der Waals surface area contributed by atoms with Crippen LogP contribution in [-0.2, 0) is 11.2 Å². The Bertz CT molecular complexity index is 709.